The molecule has 6 nitrogen and oxygen atoms in total. The SMILES string of the molecule is COc1ccc(/C=N/NC(=O)COc2ccccc2)c(OC)c1. The van der Waals surface area contributed by atoms with Crippen molar-refractivity contribution in [2.45, 2.75) is 0 Å². The zero-order valence-electron chi connectivity index (χ0n) is 13.0. The summed E-state index contributed by atoms with van der Waals surface area (Å²) in [6.07, 6.45) is 1.50. The van der Waals surface area contributed by atoms with E-state index in [9.17, 15) is 4.79 Å². The van der Waals surface area contributed by atoms with E-state index in [1.807, 2.05) is 18.2 Å². The van der Waals surface area contributed by atoms with Gasteiger partial charge < -0.3 is 14.2 Å². The molecular formula is C17H18N2O4. The minimum atomic E-state index is -0.349. The van der Waals surface area contributed by atoms with Crippen LogP contribution in [0.1, 0.15) is 5.56 Å². The third-order valence-electron chi connectivity index (χ3n) is 2.95. The number of nitrogens with zero attached hydrogens (tertiary/aromatic N) is 1. The molecule has 2 rings (SSSR count). The van der Waals surface area contributed by atoms with Gasteiger partial charge in [-0.2, -0.15) is 5.10 Å². The minimum absolute atomic E-state index is 0.110. The molecule has 0 spiro atoms. The number of ether oxygens (including phenoxy) is 3. The van der Waals surface area contributed by atoms with Gasteiger partial charge in [0, 0.05) is 11.6 Å². The molecule has 0 aliphatic heterocycles. The van der Waals surface area contributed by atoms with Crippen molar-refractivity contribution in [1.82, 2.24) is 5.43 Å². The van der Waals surface area contributed by atoms with Crippen LogP contribution in [0, 0.1) is 0 Å². The summed E-state index contributed by atoms with van der Waals surface area (Å²) in [6, 6.07) is 14.4. The Morgan fingerprint density at radius 3 is 2.57 bits per heavy atom. The van der Waals surface area contributed by atoms with Crippen molar-refractivity contribution in [2.24, 2.45) is 5.10 Å². The smallest absolute Gasteiger partial charge is 0.277 e. The van der Waals surface area contributed by atoms with E-state index in [2.05, 4.69) is 10.5 Å². The van der Waals surface area contributed by atoms with Crippen molar-refractivity contribution < 1.29 is 19.0 Å². The summed E-state index contributed by atoms with van der Waals surface area (Å²) in [5.74, 6) is 1.56. The quantitative estimate of drug-likeness (QED) is 0.628. The first-order chi connectivity index (χ1) is 11.2. The first kappa shape index (κ1) is 16.4. The molecule has 23 heavy (non-hydrogen) atoms. The summed E-state index contributed by atoms with van der Waals surface area (Å²) in [4.78, 5) is 11.7. The van der Waals surface area contributed by atoms with Gasteiger partial charge in [-0.25, -0.2) is 5.43 Å². The molecule has 0 saturated carbocycles. The molecular weight excluding hydrogens is 296 g/mol. The number of para-hydroxylation sites is 1. The van der Waals surface area contributed by atoms with E-state index >= 15 is 0 Å². The Balaban J connectivity index is 1.87. The maximum atomic E-state index is 11.7. The number of nitrogens with one attached hydrogen (secondary N) is 1. The summed E-state index contributed by atoms with van der Waals surface area (Å²) in [5, 5.41) is 3.89. The van der Waals surface area contributed by atoms with Gasteiger partial charge in [0.15, 0.2) is 6.61 Å². The van der Waals surface area contributed by atoms with Crippen molar-refractivity contribution in [2.75, 3.05) is 20.8 Å². The standard InChI is InChI=1S/C17H18N2O4/c1-21-15-9-8-13(16(10-15)22-2)11-18-19-17(20)12-23-14-6-4-3-5-7-14/h3-11H,12H2,1-2H3,(H,19,20)/b18-11+. The van der Waals surface area contributed by atoms with Crippen molar-refractivity contribution in [3.05, 3.63) is 54.1 Å². The van der Waals surface area contributed by atoms with Gasteiger partial charge in [-0.05, 0) is 24.3 Å². The zero-order valence-corrected chi connectivity index (χ0v) is 13.0. The highest BCUT2D eigenvalue weighted by Crippen LogP contribution is 2.22. The van der Waals surface area contributed by atoms with Crippen LogP contribution in [0.4, 0.5) is 0 Å². The molecule has 0 atom stereocenters. The predicted octanol–water partition coefficient (Wildman–Crippen LogP) is 2.23. The third kappa shape index (κ3) is 5.03. The average Bonchev–Trinajstić information content (AvgIpc) is 2.61. The fraction of sp³-hybridized carbons (Fsp3) is 0.176. The van der Waals surface area contributed by atoms with Crippen LogP contribution in [0.15, 0.2) is 53.6 Å². The number of rotatable bonds is 7. The van der Waals surface area contributed by atoms with Gasteiger partial charge in [-0.1, -0.05) is 18.2 Å². The molecule has 120 valence electrons. The van der Waals surface area contributed by atoms with Crippen molar-refractivity contribution in [1.29, 1.82) is 0 Å². The molecule has 0 aliphatic carbocycles. The maximum Gasteiger partial charge on any atom is 0.277 e. The summed E-state index contributed by atoms with van der Waals surface area (Å²) in [5.41, 5.74) is 3.12. The highest BCUT2D eigenvalue weighted by Gasteiger charge is 2.04. The first-order valence-corrected chi connectivity index (χ1v) is 6.94. The predicted molar refractivity (Wildman–Crippen MR) is 87.2 cm³/mol. The van der Waals surface area contributed by atoms with Gasteiger partial charge in [-0.15, -0.1) is 0 Å². The molecule has 0 unspecified atom stereocenters. The Kier molecular flexibility index (Phi) is 5.99. The molecule has 0 heterocycles. The maximum absolute atomic E-state index is 11.7. The van der Waals surface area contributed by atoms with Gasteiger partial charge >= 0.3 is 0 Å². The average molecular weight is 314 g/mol. The van der Waals surface area contributed by atoms with Crippen LogP contribution >= 0.6 is 0 Å². The summed E-state index contributed by atoms with van der Waals surface area (Å²) < 4.78 is 15.7. The van der Waals surface area contributed by atoms with Crippen LogP contribution in [0.25, 0.3) is 0 Å². The molecule has 0 aliphatic rings. The Labute approximate surface area is 134 Å². The highest BCUT2D eigenvalue weighted by molar-refractivity contribution is 5.85. The van der Waals surface area contributed by atoms with E-state index in [4.69, 9.17) is 14.2 Å². The van der Waals surface area contributed by atoms with E-state index in [0.717, 1.165) is 5.56 Å². The van der Waals surface area contributed by atoms with Crippen LogP contribution in [0.2, 0.25) is 0 Å². The highest BCUT2D eigenvalue weighted by atomic mass is 16.5. The zero-order chi connectivity index (χ0) is 16.5. The lowest BCUT2D eigenvalue weighted by molar-refractivity contribution is -0.123. The van der Waals surface area contributed by atoms with Crippen LogP contribution in [-0.2, 0) is 4.79 Å². The van der Waals surface area contributed by atoms with Gasteiger partial charge in [0.05, 0.1) is 20.4 Å². The number of hydrogen-bond acceptors (Lipinski definition) is 5. The van der Waals surface area contributed by atoms with Gasteiger partial charge in [0.1, 0.15) is 17.2 Å². The number of carbonyl (C=O) groups is 1. The van der Waals surface area contributed by atoms with Crippen LogP contribution in [0.5, 0.6) is 17.2 Å². The van der Waals surface area contributed by atoms with Crippen molar-refractivity contribution in [3.8, 4) is 17.2 Å². The second kappa shape index (κ2) is 8.43. The Bertz CT molecular complexity index is 672. The van der Waals surface area contributed by atoms with E-state index in [0.29, 0.717) is 17.2 Å². The van der Waals surface area contributed by atoms with Crippen molar-refractivity contribution in [3.63, 3.8) is 0 Å². The minimum Gasteiger partial charge on any atom is -0.497 e. The van der Waals surface area contributed by atoms with E-state index in [1.165, 1.54) is 6.21 Å². The van der Waals surface area contributed by atoms with Gasteiger partial charge in [0.25, 0.3) is 5.91 Å². The largest absolute Gasteiger partial charge is 0.497 e. The molecule has 0 bridgehead atoms. The van der Waals surface area contributed by atoms with Crippen LogP contribution in [0.3, 0.4) is 0 Å². The lowest BCUT2D eigenvalue weighted by atomic mass is 10.2. The number of methoxy groups -OCH3 is 2. The monoisotopic (exact) mass is 314 g/mol. The molecule has 0 fully saturated rings. The molecule has 0 radical (unpaired) electrons. The Hall–Kier alpha value is -3.02. The van der Waals surface area contributed by atoms with E-state index < -0.39 is 0 Å². The normalized spacial score (nSPS) is 10.3. The first-order valence-electron chi connectivity index (χ1n) is 6.94. The van der Waals surface area contributed by atoms with Gasteiger partial charge in [0.2, 0.25) is 0 Å². The molecule has 1 N–H and O–H groups in total. The summed E-state index contributed by atoms with van der Waals surface area (Å²) in [7, 11) is 3.13. The number of amides is 1. The van der Waals surface area contributed by atoms with E-state index in [1.54, 1.807) is 44.6 Å². The second-order valence-electron chi connectivity index (χ2n) is 4.50. The summed E-state index contributed by atoms with van der Waals surface area (Å²) in [6.45, 7) is -0.110. The number of hydrogen-bond donors (Lipinski definition) is 1. The molecule has 2 aromatic rings. The van der Waals surface area contributed by atoms with Crippen LogP contribution < -0.4 is 19.6 Å². The molecule has 1 amide bonds. The van der Waals surface area contributed by atoms with E-state index in [-0.39, 0.29) is 12.5 Å². The lowest BCUT2D eigenvalue weighted by Gasteiger charge is -2.07. The molecule has 6 heteroatoms. The molecule has 0 saturated heterocycles. The third-order valence-corrected chi connectivity index (χ3v) is 2.95. The topological polar surface area (TPSA) is 69.2 Å². The lowest BCUT2D eigenvalue weighted by Crippen LogP contribution is -2.24. The number of hydrazone groups is 1. The number of carbonyl (C=O) groups excluding carboxylic acids is 1. The van der Waals surface area contributed by atoms with Gasteiger partial charge in [-0.3, -0.25) is 4.79 Å². The summed E-state index contributed by atoms with van der Waals surface area (Å²) >= 11 is 0. The number of benzene rings is 2. The second-order valence-corrected chi connectivity index (χ2v) is 4.50. The fourth-order valence-electron chi connectivity index (χ4n) is 1.80. The van der Waals surface area contributed by atoms with Crippen molar-refractivity contribution >= 4 is 12.1 Å². The Morgan fingerprint density at radius 2 is 1.87 bits per heavy atom. The Morgan fingerprint density at radius 1 is 1.09 bits per heavy atom. The van der Waals surface area contributed by atoms with Crippen LogP contribution in [-0.4, -0.2) is 32.9 Å². The molecule has 0 aromatic heterocycles. The molecule has 2 aromatic carbocycles. The fourth-order valence-corrected chi connectivity index (χ4v) is 1.80.